The Balaban J connectivity index is 2.11. The third-order valence-corrected chi connectivity index (χ3v) is 3.98. The maximum absolute atomic E-state index is 10.3. The summed E-state index contributed by atoms with van der Waals surface area (Å²) in [6.45, 7) is 8.81. The fraction of sp³-hybridized carbons (Fsp3) is 0.625. The van der Waals surface area contributed by atoms with E-state index < -0.39 is 0 Å². The van der Waals surface area contributed by atoms with Crippen molar-refractivity contribution in [3.8, 4) is 0 Å². The molecule has 94 valence electrons. The van der Waals surface area contributed by atoms with Crippen LogP contribution in [-0.4, -0.2) is 5.11 Å². The van der Waals surface area contributed by atoms with Gasteiger partial charge in [0.2, 0.25) is 0 Å². The molecule has 0 aromatic heterocycles. The van der Waals surface area contributed by atoms with Gasteiger partial charge in [0, 0.05) is 0 Å². The second-order valence-corrected chi connectivity index (χ2v) is 6.51. The Morgan fingerprint density at radius 2 is 1.65 bits per heavy atom. The van der Waals surface area contributed by atoms with Gasteiger partial charge in [-0.1, -0.05) is 52.0 Å². The molecule has 1 aromatic rings. The van der Waals surface area contributed by atoms with Crippen molar-refractivity contribution in [3.05, 3.63) is 35.4 Å². The number of aliphatic hydroxyl groups excluding tert-OH is 1. The van der Waals surface area contributed by atoms with Crippen LogP contribution in [0.1, 0.15) is 57.8 Å². The highest BCUT2D eigenvalue weighted by Gasteiger charge is 2.33. The van der Waals surface area contributed by atoms with Gasteiger partial charge in [0.05, 0.1) is 6.10 Å². The third-order valence-electron chi connectivity index (χ3n) is 3.98. The minimum Gasteiger partial charge on any atom is -0.388 e. The summed E-state index contributed by atoms with van der Waals surface area (Å²) < 4.78 is 0. The van der Waals surface area contributed by atoms with Crippen LogP contribution in [0, 0.1) is 11.8 Å². The molecule has 2 unspecified atom stereocenters. The summed E-state index contributed by atoms with van der Waals surface area (Å²) >= 11 is 0. The van der Waals surface area contributed by atoms with Crippen LogP contribution < -0.4 is 0 Å². The molecule has 1 fully saturated rings. The summed E-state index contributed by atoms with van der Waals surface area (Å²) in [5, 5.41) is 10.3. The summed E-state index contributed by atoms with van der Waals surface area (Å²) in [5.41, 5.74) is 2.58. The van der Waals surface area contributed by atoms with E-state index in [4.69, 9.17) is 0 Å². The lowest BCUT2D eigenvalue weighted by molar-refractivity contribution is 0.106. The van der Waals surface area contributed by atoms with Crippen molar-refractivity contribution in [2.45, 2.75) is 52.1 Å². The molecule has 1 heteroatoms. The molecular weight excluding hydrogens is 208 g/mol. The Kier molecular flexibility index (Phi) is 3.31. The van der Waals surface area contributed by atoms with E-state index in [1.54, 1.807) is 0 Å². The van der Waals surface area contributed by atoms with Gasteiger partial charge in [0.1, 0.15) is 0 Å². The molecule has 2 atom stereocenters. The van der Waals surface area contributed by atoms with E-state index in [1.165, 1.54) is 18.4 Å². The van der Waals surface area contributed by atoms with Gasteiger partial charge in [-0.05, 0) is 41.2 Å². The van der Waals surface area contributed by atoms with Crippen LogP contribution in [0.15, 0.2) is 24.3 Å². The summed E-state index contributed by atoms with van der Waals surface area (Å²) in [4.78, 5) is 0. The fourth-order valence-electron chi connectivity index (χ4n) is 2.36. The molecule has 1 aromatic carbocycles. The number of benzene rings is 1. The first-order valence-corrected chi connectivity index (χ1v) is 6.68. The minimum atomic E-state index is -0.295. The zero-order valence-corrected chi connectivity index (χ0v) is 11.4. The van der Waals surface area contributed by atoms with E-state index in [2.05, 4.69) is 52.0 Å². The lowest BCUT2D eigenvalue weighted by atomic mass is 9.85. The van der Waals surface area contributed by atoms with Crippen molar-refractivity contribution in [2.24, 2.45) is 11.8 Å². The van der Waals surface area contributed by atoms with Gasteiger partial charge in [-0.25, -0.2) is 0 Å². The van der Waals surface area contributed by atoms with E-state index >= 15 is 0 Å². The number of hydrogen-bond donors (Lipinski definition) is 1. The average Bonchev–Trinajstić information content (AvgIpc) is 3.10. The van der Waals surface area contributed by atoms with Crippen molar-refractivity contribution in [3.63, 3.8) is 0 Å². The first kappa shape index (κ1) is 12.6. The summed E-state index contributed by atoms with van der Waals surface area (Å²) in [6.07, 6.45) is 2.29. The molecule has 0 heterocycles. The topological polar surface area (TPSA) is 20.2 Å². The van der Waals surface area contributed by atoms with Crippen molar-refractivity contribution in [1.82, 2.24) is 0 Å². The van der Waals surface area contributed by atoms with Crippen LogP contribution in [0.25, 0.3) is 0 Å². The number of aliphatic hydroxyl groups is 1. The van der Waals surface area contributed by atoms with E-state index in [1.807, 2.05) is 0 Å². The zero-order valence-electron chi connectivity index (χ0n) is 11.4. The van der Waals surface area contributed by atoms with Gasteiger partial charge in [-0.2, -0.15) is 0 Å². The van der Waals surface area contributed by atoms with Gasteiger partial charge in [-0.15, -0.1) is 0 Å². The third kappa shape index (κ3) is 2.90. The Morgan fingerprint density at radius 1 is 1.12 bits per heavy atom. The van der Waals surface area contributed by atoms with E-state index in [0.29, 0.717) is 5.92 Å². The maximum atomic E-state index is 10.3. The summed E-state index contributed by atoms with van der Waals surface area (Å²) in [5.74, 6) is 1.14. The number of hydrogen-bond acceptors (Lipinski definition) is 1. The maximum Gasteiger partial charge on any atom is 0.0818 e. The van der Waals surface area contributed by atoms with Gasteiger partial charge < -0.3 is 5.11 Å². The van der Waals surface area contributed by atoms with E-state index in [-0.39, 0.29) is 11.5 Å². The van der Waals surface area contributed by atoms with Crippen molar-refractivity contribution < 1.29 is 5.11 Å². The lowest BCUT2D eigenvalue weighted by Gasteiger charge is -2.22. The van der Waals surface area contributed by atoms with Gasteiger partial charge >= 0.3 is 0 Å². The molecule has 1 N–H and O–H groups in total. The molecule has 0 bridgehead atoms. The molecule has 1 saturated carbocycles. The first-order valence-electron chi connectivity index (χ1n) is 6.68. The molecule has 0 saturated heterocycles. The molecule has 1 aliphatic rings. The molecule has 2 rings (SSSR count). The predicted octanol–water partition coefficient (Wildman–Crippen LogP) is 4.06. The molecule has 17 heavy (non-hydrogen) atoms. The smallest absolute Gasteiger partial charge is 0.0818 e. The quantitative estimate of drug-likeness (QED) is 0.833. The van der Waals surface area contributed by atoms with Gasteiger partial charge in [0.25, 0.3) is 0 Å². The SMILES string of the molecule is CC(C1CC1)C(O)c1ccc(C(C)(C)C)cc1. The lowest BCUT2D eigenvalue weighted by Crippen LogP contribution is -2.13. The number of rotatable bonds is 3. The van der Waals surface area contributed by atoms with Crippen molar-refractivity contribution in [2.75, 3.05) is 0 Å². The van der Waals surface area contributed by atoms with Crippen molar-refractivity contribution in [1.29, 1.82) is 0 Å². The van der Waals surface area contributed by atoms with Crippen LogP contribution in [-0.2, 0) is 5.41 Å². The Morgan fingerprint density at radius 3 is 2.06 bits per heavy atom. The first-order chi connectivity index (χ1) is 7.89. The molecule has 1 nitrogen and oxygen atoms in total. The second-order valence-electron chi connectivity index (χ2n) is 6.51. The van der Waals surface area contributed by atoms with Crippen molar-refractivity contribution >= 4 is 0 Å². The predicted molar refractivity (Wildman–Crippen MR) is 72.0 cm³/mol. The Hall–Kier alpha value is -0.820. The van der Waals surface area contributed by atoms with E-state index in [0.717, 1.165) is 11.5 Å². The monoisotopic (exact) mass is 232 g/mol. The van der Waals surface area contributed by atoms with Crippen LogP contribution in [0.3, 0.4) is 0 Å². The normalized spacial score (nSPS) is 20.1. The van der Waals surface area contributed by atoms with Crippen LogP contribution in [0.5, 0.6) is 0 Å². The van der Waals surface area contributed by atoms with Crippen LogP contribution >= 0.6 is 0 Å². The second kappa shape index (κ2) is 4.45. The highest BCUT2D eigenvalue weighted by atomic mass is 16.3. The minimum absolute atomic E-state index is 0.186. The Bertz CT molecular complexity index is 368. The Labute approximate surface area is 105 Å². The van der Waals surface area contributed by atoms with Crippen LogP contribution in [0.4, 0.5) is 0 Å². The highest BCUT2D eigenvalue weighted by Crippen LogP contribution is 2.42. The highest BCUT2D eigenvalue weighted by molar-refractivity contribution is 5.29. The summed E-state index contributed by atoms with van der Waals surface area (Å²) in [7, 11) is 0. The standard InChI is InChI=1S/C16H24O/c1-11(12-5-6-12)15(17)13-7-9-14(10-8-13)16(2,3)4/h7-12,15,17H,5-6H2,1-4H3. The zero-order chi connectivity index (χ0) is 12.6. The largest absolute Gasteiger partial charge is 0.388 e. The van der Waals surface area contributed by atoms with Gasteiger partial charge in [0.15, 0.2) is 0 Å². The molecular formula is C16H24O. The molecule has 0 amide bonds. The fourth-order valence-corrected chi connectivity index (χ4v) is 2.36. The van der Waals surface area contributed by atoms with Gasteiger partial charge in [-0.3, -0.25) is 0 Å². The molecule has 0 spiro atoms. The average molecular weight is 232 g/mol. The summed E-state index contributed by atoms with van der Waals surface area (Å²) in [6, 6.07) is 8.48. The van der Waals surface area contributed by atoms with Crippen LogP contribution in [0.2, 0.25) is 0 Å². The molecule has 0 aliphatic heterocycles. The van der Waals surface area contributed by atoms with E-state index in [9.17, 15) is 5.11 Å². The molecule has 0 radical (unpaired) electrons. The molecule has 1 aliphatic carbocycles.